The number of nitrogens with two attached hydrogens (primary N) is 1. The van der Waals surface area contributed by atoms with Crippen molar-refractivity contribution < 1.29 is 24.3 Å². The van der Waals surface area contributed by atoms with Crippen molar-refractivity contribution in [2.24, 2.45) is 5.73 Å². The normalized spacial score (nSPS) is 11.4. The molecule has 1 atom stereocenters. The van der Waals surface area contributed by atoms with Gasteiger partial charge in [-0.3, -0.25) is 9.59 Å². The van der Waals surface area contributed by atoms with Crippen molar-refractivity contribution >= 4 is 46.0 Å². The summed E-state index contributed by atoms with van der Waals surface area (Å²) in [5.74, 6) is -3.03. The van der Waals surface area contributed by atoms with Crippen LogP contribution in [0.25, 0.3) is 10.8 Å². The number of amides is 4. The van der Waals surface area contributed by atoms with Gasteiger partial charge in [0, 0.05) is 5.69 Å². The van der Waals surface area contributed by atoms with E-state index in [0.717, 1.165) is 10.9 Å². The fraction of sp³-hybridized carbons (Fsp3) is 0.130. The number of primary amides is 1. The van der Waals surface area contributed by atoms with Crippen LogP contribution in [0.3, 0.4) is 0 Å². The minimum atomic E-state index is -1.50. The monoisotopic (exact) mass is 434 g/mol. The van der Waals surface area contributed by atoms with Crippen LogP contribution in [0.4, 0.5) is 16.2 Å². The molecular formula is C23H22N4O5. The van der Waals surface area contributed by atoms with E-state index < -0.39 is 36.3 Å². The van der Waals surface area contributed by atoms with Crippen molar-refractivity contribution in [3.63, 3.8) is 0 Å². The van der Waals surface area contributed by atoms with E-state index >= 15 is 0 Å². The van der Waals surface area contributed by atoms with E-state index in [-0.39, 0.29) is 11.3 Å². The molecule has 3 aromatic carbocycles. The van der Waals surface area contributed by atoms with Gasteiger partial charge in [-0.2, -0.15) is 0 Å². The van der Waals surface area contributed by atoms with E-state index in [1.165, 1.54) is 6.07 Å². The summed E-state index contributed by atoms with van der Waals surface area (Å²) in [4.78, 5) is 48.1. The standard InChI is InChI=1S/C23H22N4O5/c1-13-6-2-5-9-17(13)26-23(32)27-18-11-15-8-4-3-7-14(15)10-16(18)21(29)25-19(22(30)31)12-20(24)28/h2-11,19H,12H2,1H3,(H2,24,28)(H,25,29)(H,30,31)(H2,26,27,32)/t19-/m0/s1. The highest BCUT2D eigenvalue weighted by molar-refractivity contribution is 6.10. The molecule has 0 fully saturated rings. The Hall–Kier alpha value is -4.40. The molecule has 6 N–H and O–H groups in total. The SMILES string of the molecule is Cc1ccccc1NC(=O)Nc1cc2ccccc2cc1C(=O)N[C@@H](CC(N)=O)C(=O)O. The second kappa shape index (κ2) is 9.61. The molecule has 0 radical (unpaired) electrons. The Balaban J connectivity index is 1.92. The molecule has 0 aliphatic rings. The molecule has 4 amide bonds. The zero-order chi connectivity index (χ0) is 23.3. The van der Waals surface area contributed by atoms with Gasteiger partial charge in [0.05, 0.1) is 17.7 Å². The smallest absolute Gasteiger partial charge is 0.326 e. The molecule has 32 heavy (non-hydrogen) atoms. The predicted octanol–water partition coefficient (Wildman–Crippen LogP) is 2.85. The third kappa shape index (κ3) is 5.39. The number of rotatable bonds is 7. The average molecular weight is 434 g/mol. The van der Waals surface area contributed by atoms with E-state index in [1.807, 2.05) is 31.2 Å². The number of aliphatic carboxylic acids is 1. The Kier molecular flexibility index (Phi) is 6.69. The molecular weight excluding hydrogens is 412 g/mol. The van der Waals surface area contributed by atoms with Gasteiger partial charge in [0.15, 0.2) is 0 Å². The second-order valence-corrected chi connectivity index (χ2v) is 7.17. The van der Waals surface area contributed by atoms with E-state index in [9.17, 15) is 24.3 Å². The van der Waals surface area contributed by atoms with Crippen LogP contribution < -0.4 is 21.7 Å². The van der Waals surface area contributed by atoms with Gasteiger partial charge >= 0.3 is 12.0 Å². The van der Waals surface area contributed by atoms with Gasteiger partial charge in [0.25, 0.3) is 5.91 Å². The Morgan fingerprint density at radius 3 is 2.12 bits per heavy atom. The lowest BCUT2D eigenvalue weighted by Crippen LogP contribution is -2.43. The summed E-state index contributed by atoms with van der Waals surface area (Å²) in [6, 6.07) is 15.5. The van der Waals surface area contributed by atoms with Gasteiger partial charge in [0.2, 0.25) is 5.91 Å². The van der Waals surface area contributed by atoms with Gasteiger partial charge < -0.3 is 26.8 Å². The lowest BCUT2D eigenvalue weighted by Gasteiger charge is -2.17. The summed E-state index contributed by atoms with van der Waals surface area (Å²) in [5, 5.41) is 18.4. The minimum Gasteiger partial charge on any atom is -0.480 e. The first-order valence-corrected chi connectivity index (χ1v) is 9.73. The number of carboxylic acid groups (broad SMARTS) is 1. The van der Waals surface area contributed by atoms with Gasteiger partial charge in [-0.05, 0) is 41.5 Å². The summed E-state index contributed by atoms with van der Waals surface area (Å²) in [6.07, 6.45) is -0.564. The van der Waals surface area contributed by atoms with Gasteiger partial charge in [-0.1, -0.05) is 42.5 Å². The molecule has 0 aromatic heterocycles. The van der Waals surface area contributed by atoms with Crippen LogP contribution in [0.2, 0.25) is 0 Å². The summed E-state index contributed by atoms with van der Waals surface area (Å²) in [5.41, 5.74) is 6.76. The first kappa shape index (κ1) is 22.3. The molecule has 0 saturated carbocycles. The molecule has 0 saturated heterocycles. The summed E-state index contributed by atoms with van der Waals surface area (Å²) < 4.78 is 0. The number of hydrogen-bond acceptors (Lipinski definition) is 4. The predicted molar refractivity (Wildman–Crippen MR) is 120 cm³/mol. The molecule has 0 aliphatic carbocycles. The van der Waals surface area contributed by atoms with Crippen LogP contribution in [0.1, 0.15) is 22.3 Å². The highest BCUT2D eigenvalue weighted by Crippen LogP contribution is 2.25. The molecule has 0 bridgehead atoms. The van der Waals surface area contributed by atoms with Crippen LogP contribution in [-0.2, 0) is 9.59 Å². The molecule has 9 nitrogen and oxygen atoms in total. The average Bonchev–Trinajstić information content (AvgIpc) is 2.74. The number of nitrogens with one attached hydrogen (secondary N) is 3. The van der Waals surface area contributed by atoms with E-state index in [0.29, 0.717) is 11.1 Å². The zero-order valence-electron chi connectivity index (χ0n) is 17.2. The Labute approximate surface area is 183 Å². The van der Waals surface area contributed by atoms with Crippen molar-refractivity contribution in [2.75, 3.05) is 10.6 Å². The lowest BCUT2D eigenvalue weighted by atomic mass is 10.0. The lowest BCUT2D eigenvalue weighted by molar-refractivity contribution is -0.140. The van der Waals surface area contributed by atoms with E-state index in [1.54, 1.807) is 30.3 Å². The van der Waals surface area contributed by atoms with Crippen molar-refractivity contribution in [1.82, 2.24) is 5.32 Å². The zero-order valence-corrected chi connectivity index (χ0v) is 17.2. The van der Waals surface area contributed by atoms with Crippen LogP contribution in [0.5, 0.6) is 0 Å². The molecule has 3 rings (SSSR count). The maximum atomic E-state index is 12.9. The third-order valence-corrected chi connectivity index (χ3v) is 4.78. The first-order chi connectivity index (χ1) is 15.2. The number of carboxylic acids is 1. The van der Waals surface area contributed by atoms with Crippen molar-refractivity contribution in [2.45, 2.75) is 19.4 Å². The number of carbonyl (C=O) groups is 4. The molecule has 9 heteroatoms. The largest absolute Gasteiger partial charge is 0.480 e. The van der Waals surface area contributed by atoms with Crippen molar-refractivity contribution in [3.05, 3.63) is 71.8 Å². The molecule has 0 aliphatic heterocycles. The number of carbonyl (C=O) groups excluding carboxylic acids is 3. The molecule has 3 aromatic rings. The fourth-order valence-electron chi connectivity index (χ4n) is 3.16. The number of aryl methyl sites for hydroxylation is 1. The highest BCUT2D eigenvalue weighted by Gasteiger charge is 2.24. The molecule has 0 spiro atoms. The second-order valence-electron chi connectivity index (χ2n) is 7.17. The maximum Gasteiger partial charge on any atom is 0.326 e. The Morgan fingerprint density at radius 1 is 0.906 bits per heavy atom. The number of fused-ring (bicyclic) bond motifs is 1. The fourth-order valence-corrected chi connectivity index (χ4v) is 3.16. The van der Waals surface area contributed by atoms with Crippen molar-refractivity contribution in [1.29, 1.82) is 0 Å². The Morgan fingerprint density at radius 2 is 1.50 bits per heavy atom. The number of anilines is 2. The number of urea groups is 1. The molecule has 164 valence electrons. The van der Waals surface area contributed by atoms with Crippen LogP contribution in [-0.4, -0.2) is 35.0 Å². The highest BCUT2D eigenvalue weighted by atomic mass is 16.4. The summed E-state index contributed by atoms with van der Waals surface area (Å²) in [7, 11) is 0. The number of hydrogen-bond donors (Lipinski definition) is 5. The van der Waals surface area contributed by atoms with Gasteiger partial charge in [-0.15, -0.1) is 0 Å². The Bertz CT molecular complexity index is 1210. The maximum absolute atomic E-state index is 12.9. The van der Waals surface area contributed by atoms with E-state index in [4.69, 9.17) is 5.73 Å². The van der Waals surface area contributed by atoms with Crippen LogP contribution in [0, 0.1) is 6.92 Å². The number of benzene rings is 3. The topological polar surface area (TPSA) is 151 Å². The number of para-hydroxylation sites is 1. The quantitative estimate of drug-likeness (QED) is 0.387. The molecule has 0 heterocycles. The summed E-state index contributed by atoms with van der Waals surface area (Å²) in [6.45, 7) is 1.84. The minimum absolute atomic E-state index is 0.0411. The summed E-state index contributed by atoms with van der Waals surface area (Å²) >= 11 is 0. The van der Waals surface area contributed by atoms with Crippen LogP contribution in [0.15, 0.2) is 60.7 Å². The van der Waals surface area contributed by atoms with Gasteiger partial charge in [0.1, 0.15) is 6.04 Å². The third-order valence-electron chi connectivity index (χ3n) is 4.78. The van der Waals surface area contributed by atoms with Crippen LogP contribution >= 0.6 is 0 Å². The molecule has 0 unspecified atom stereocenters. The van der Waals surface area contributed by atoms with Crippen molar-refractivity contribution in [3.8, 4) is 0 Å². The van der Waals surface area contributed by atoms with E-state index in [2.05, 4.69) is 16.0 Å². The first-order valence-electron chi connectivity index (χ1n) is 9.73. The van der Waals surface area contributed by atoms with Gasteiger partial charge in [-0.25, -0.2) is 9.59 Å².